The Hall–Kier alpha value is -1.66. The summed E-state index contributed by atoms with van der Waals surface area (Å²) in [5, 5.41) is 6.51. The quantitative estimate of drug-likeness (QED) is 0.880. The lowest BCUT2D eigenvalue weighted by Gasteiger charge is -2.05. The van der Waals surface area contributed by atoms with E-state index in [9.17, 15) is 8.42 Å². The molecule has 5 nitrogen and oxygen atoms in total. The third-order valence-corrected chi connectivity index (χ3v) is 5.44. The van der Waals surface area contributed by atoms with E-state index >= 15 is 0 Å². The standard InChI is InChI=1S/C14H17N3O2S/c1-10-7-12(17-16-10)9-15-20(18,19)14-8-13(14)11-5-3-2-4-6-11/h2-7,13-15H,8-9H2,1H3,(H,16,17). The zero-order chi connectivity index (χ0) is 14.2. The Morgan fingerprint density at radius 3 is 2.75 bits per heavy atom. The maximum atomic E-state index is 12.2. The molecule has 2 unspecified atom stereocenters. The van der Waals surface area contributed by atoms with Crippen molar-refractivity contribution in [2.45, 2.75) is 31.1 Å². The summed E-state index contributed by atoms with van der Waals surface area (Å²) in [6, 6.07) is 11.6. The fourth-order valence-electron chi connectivity index (χ4n) is 2.41. The molecule has 0 spiro atoms. The average Bonchev–Trinajstić information content (AvgIpc) is 3.16. The SMILES string of the molecule is Cc1cc(CNS(=O)(=O)C2CC2c2ccccc2)n[nH]1. The molecule has 0 aliphatic heterocycles. The van der Waals surface area contributed by atoms with E-state index < -0.39 is 10.0 Å². The first-order chi connectivity index (χ1) is 9.56. The third-order valence-electron chi connectivity index (χ3n) is 3.57. The van der Waals surface area contributed by atoms with E-state index in [1.54, 1.807) is 0 Å². The molecular formula is C14H17N3O2S. The number of benzene rings is 1. The normalized spacial score (nSPS) is 21.9. The predicted octanol–water partition coefficient (Wildman–Crippen LogP) is 1.69. The summed E-state index contributed by atoms with van der Waals surface area (Å²) in [6.45, 7) is 2.13. The molecule has 0 saturated heterocycles. The number of nitrogens with zero attached hydrogens (tertiary/aromatic N) is 1. The number of nitrogens with one attached hydrogen (secondary N) is 2. The van der Waals surface area contributed by atoms with Gasteiger partial charge in [0.05, 0.1) is 17.5 Å². The second-order valence-electron chi connectivity index (χ2n) is 5.20. The molecule has 0 bridgehead atoms. The lowest BCUT2D eigenvalue weighted by Crippen LogP contribution is -2.27. The van der Waals surface area contributed by atoms with E-state index in [1.165, 1.54) is 0 Å². The van der Waals surface area contributed by atoms with Gasteiger partial charge in [0.1, 0.15) is 0 Å². The molecule has 1 aliphatic carbocycles. The molecule has 1 aliphatic rings. The van der Waals surface area contributed by atoms with Crippen molar-refractivity contribution in [1.82, 2.24) is 14.9 Å². The van der Waals surface area contributed by atoms with Gasteiger partial charge in [0.2, 0.25) is 10.0 Å². The molecule has 1 heterocycles. The molecule has 2 atom stereocenters. The van der Waals surface area contributed by atoms with Crippen molar-refractivity contribution in [2.75, 3.05) is 0 Å². The van der Waals surface area contributed by atoms with Crippen LogP contribution >= 0.6 is 0 Å². The Bertz CT molecular complexity index is 694. The minimum Gasteiger partial charge on any atom is -0.283 e. The van der Waals surface area contributed by atoms with Gasteiger partial charge in [0, 0.05) is 11.6 Å². The predicted molar refractivity (Wildman–Crippen MR) is 76.7 cm³/mol. The Kier molecular flexibility index (Phi) is 3.35. The third kappa shape index (κ3) is 2.76. The van der Waals surface area contributed by atoms with Crippen molar-refractivity contribution >= 4 is 10.0 Å². The first-order valence-corrected chi connectivity index (χ1v) is 8.15. The van der Waals surface area contributed by atoms with Gasteiger partial charge in [-0.05, 0) is 25.0 Å². The van der Waals surface area contributed by atoms with Gasteiger partial charge in [-0.2, -0.15) is 5.10 Å². The second-order valence-corrected chi connectivity index (χ2v) is 7.18. The van der Waals surface area contributed by atoms with Crippen LogP contribution in [0.4, 0.5) is 0 Å². The monoisotopic (exact) mass is 291 g/mol. The number of rotatable bonds is 5. The molecule has 0 radical (unpaired) electrons. The van der Waals surface area contributed by atoms with Crippen molar-refractivity contribution in [3.63, 3.8) is 0 Å². The van der Waals surface area contributed by atoms with Gasteiger partial charge in [0.25, 0.3) is 0 Å². The first-order valence-electron chi connectivity index (χ1n) is 6.60. The molecule has 1 fully saturated rings. The number of aromatic amines is 1. The average molecular weight is 291 g/mol. The molecule has 1 saturated carbocycles. The van der Waals surface area contributed by atoms with Crippen LogP contribution in [0.3, 0.4) is 0 Å². The van der Waals surface area contributed by atoms with E-state index in [4.69, 9.17) is 0 Å². The highest BCUT2D eigenvalue weighted by Gasteiger charge is 2.47. The van der Waals surface area contributed by atoms with Gasteiger partial charge in [-0.3, -0.25) is 5.10 Å². The van der Waals surface area contributed by atoms with Gasteiger partial charge in [-0.25, -0.2) is 13.1 Å². The number of aromatic nitrogens is 2. The number of aryl methyl sites for hydroxylation is 1. The van der Waals surface area contributed by atoms with Crippen LogP contribution in [0.25, 0.3) is 0 Å². The molecular weight excluding hydrogens is 274 g/mol. The summed E-state index contributed by atoms with van der Waals surface area (Å²) < 4.78 is 27.1. The van der Waals surface area contributed by atoms with Crippen LogP contribution in [0.15, 0.2) is 36.4 Å². The lowest BCUT2D eigenvalue weighted by molar-refractivity contribution is 0.578. The smallest absolute Gasteiger partial charge is 0.215 e. The number of sulfonamides is 1. The molecule has 1 aromatic carbocycles. The van der Waals surface area contributed by atoms with Crippen LogP contribution < -0.4 is 4.72 Å². The maximum absolute atomic E-state index is 12.2. The van der Waals surface area contributed by atoms with Gasteiger partial charge >= 0.3 is 0 Å². The molecule has 1 aromatic heterocycles. The van der Waals surface area contributed by atoms with Crippen LogP contribution in [0.1, 0.15) is 29.3 Å². The van der Waals surface area contributed by atoms with E-state index in [0.717, 1.165) is 11.3 Å². The summed E-state index contributed by atoms with van der Waals surface area (Å²) in [7, 11) is -3.28. The Balaban J connectivity index is 1.63. The summed E-state index contributed by atoms with van der Waals surface area (Å²) in [5.41, 5.74) is 2.73. The highest BCUT2D eigenvalue weighted by molar-refractivity contribution is 7.90. The fourth-order valence-corrected chi connectivity index (χ4v) is 4.03. The molecule has 106 valence electrons. The van der Waals surface area contributed by atoms with Gasteiger partial charge in [-0.1, -0.05) is 30.3 Å². The summed E-state index contributed by atoms with van der Waals surface area (Å²) >= 11 is 0. The van der Waals surface area contributed by atoms with E-state index in [2.05, 4.69) is 14.9 Å². The van der Waals surface area contributed by atoms with Crippen LogP contribution in [0.5, 0.6) is 0 Å². The van der Waals surface area contributed by atoms with Crippen LogP contribution in [-0.2, 0) is 16.6 Å². The van der Waals surface area contributed by atoms with Gasteiger partial charge in [-0.15, -0.1) is 0 Å². The highest BCUT2D eigenvalue weighted by atomic mass is 32.2. The van der Waals surface area contributed by atoms with Crippen LogP contribution in [0, 0.1) is 6.92 Å². The molecule has 6 heteroatoms. The van der Waals surface area contributed by atoms with Crippen molar-refractivity contribution in [2.24, 2.45) is 0 Å². The zero-order valence-corrected chi connectivity index (χ0v) is 12.0. The zero-order valence-electron chi connectivity index (χ0n) is 11.2. The molecule has 3 rings (SSSR count). The molecule has 2 aromatic rings. The Morgan fingerprint density at radius 1 is 1.35 bits per heavy atom. The lowest BCUT2D eigenvalue weighted by atomic mass is 10.1. The van der Waals surface area contributed by atoms with E-state index in [1.807, 2.05) is 43.3 Å². The number of H-pyrrole nitrogens is 1. The molecule has 20 heavy (non-hydrogen) atoms. The van der Waals surface area contributed by atoms with E-state index in [0.29, 0.717) is 12.1 Å². The first kappa shape index (κ1) is 13.3. The van der Waals surface area contributed by atoms with E-state index in [-0.39, 0.29) is 17.7 Å². The molecule has 0 amide bonds. The summed E-state index contributed by atoms with van der Waals surface area (Å²) in [6.07, 6.45) is 0.693. The highest BCUT2D eigenvalue weighted by Crippen LogP contribution is 2.45. The fraction of sp³-hybridized carbons (Fsp3) is 0.357. The topological polar surface area (TPSA) is 74.8 Å². The number of hydrogen-bond donors (Lipinski definition) is 2. The minimum atomic E-state index is -3.28. The second kappa shape index (κ2) is 5.03. The van der Waals surface area contributed by atoms with Crippen molar-refractivity contribution < 1.29 is 8.42 Å². The molecule has 2 N–H and O–H groups in total. The van der Waals surface area contributed by atoms with Crippen LogP contribution in [-0.4, -0.2) is 23.9 Å². The van der Waals surface area contributed by atoms with Crippen molar-refractivity contribution in [3.05, 3.63) is 53.3 Å². The van der Waals surface area contributed by atoms with Crippen molar-refractivity contribution in [1.29, 1.82) is 0 Å². The Labute approximate surface area is 118 Å². The summed E-state index contributed by atoms with van der Waals surface area (Å²) in [4.78, 5) is 0. The minimum absolute atomic E-state index is 0.120. The maximum Gasteiger partial charge on any atom is 0.215 e. The number of hydrogen-bond acceptors (Lipinski definition) is 3. The van der Waals surface area contributed by atoms with Crippen molar-refractivity contribution in [3.8, 4) is 0 Å². The summed E-state index contributed by atoms with van der Waals surface area (Å²) in [5.74, 6) is 0.120. The van der Waals surface area contributed by atoms with Crippen LogP contribution in [0.2, 0.25) is 0 Å². The van der Waals surface area contributed by atoms with Gasteiger partial charge in [0.15, 0.2) is 0 Å². The Morgan fingerprint density at radius 2 is 2.10 bits per heavy atom. The van der Waals surface area contributed by atoms with Gasteiger partial charge < -0.3 is 0 Å². The largest absolute Gasteiger partial charge is 0.283 e.